The van der Waals surface area contributed by atoms with E-state index in [1.165, 1.54) is 43.5 Å². The molecule has 2 N–H and O–H groups in total. The van der Waals surface area contributed by atoms with E-state index in [9.17, 15) is 4.79 Å². The minimum absolute atomic E-state index is 0.0660. The maximum Gasteiger partial charge on any atom is 0.315 e. The lowest BCUT2D eigenvalue weighted by atomic mass is 9.89. The van der Waals surface area contributed by atoms with Gasteiger partial charge in [0.25, 0.3) is 0 Å². The normalized spacial score (nSPS) is 17.3. The molecule has 26 heavy (non-hydrogen) atoms. The first-order valence-corrected chi connectivity index (χ1v) is 10.3. The Balaban J connectivity index is 1.69. The first kappa shape index (κ1) is 20.8. The maximum absolute atomic E-state index is 11.7. The Morgan fingerprint density at radius 2 is 1.73 bits per heavy atom. The number of rotatable bonds is 8. The van der Waals surface area contributed by atoms with Crippen LogP contribution in [0.2, 0.25) is 0 Å². The van der Waals surface area contributed by atoms with E-state index >= 15 is 0 Å². The Morgan fingerprint density at radius 1 is 1.12 bits per heavy atom. The molecular formula is C22H37N3O. The van der Waals surface area contributed by atoms with Gasteiger partial charge in [-0.1, -0.05) is 31.2 Å². The summed E-state index contributed by atoms with van der Waals surface area (Å²) in [6, 6.07) is 9.80. The molecule has 1 aliphatic rings. The van der Waals surface area contributed by atoms with Crippen LogP contribution in [0, 0.1) is 5.92 Å². The van der Waals surface area contributed by atoms with Crippen LogP contribution in [0.1, 0.15) is 58.1 Å². The summed E-state index contributed by atoms with van der Waals surface area (Å²) in [7, 11) is 0. The molecule has 2 rings (SSSR count). The number of likely N-dealkylation sites (tertiary alicyclic amines) is 1. The van der Waals surface area contributed by atoms with Crippen LogP contribution in [0.3, 0.4) is 0 Å². The zero-order valence-corrected chi connectivity index (χ0v) is 17.1. The molecule has 1 aromatic rings. The number of carbonyl (C=O) groups is 1. The van der Waals surface area contributed by atoms with Crippen LogP contribution in [0.25, 0.3) is 0 Å². The van der Waals surface area contributed by atoms with E-state index in [1.54, 1.807) is 0 Å². The monoisotopic (exact) mass is 359 g/mol. The van der Waals surface area contributed by atoms with Gasteiger partial charge in [0, 0.05) is 18.6 Å². The molecule has 1 unspecified atom stereocenters. The molecule has 0 saturated carbocycles. The molecule has 0 aromatic heterocycles. The van der Waals surface area contributed by atoms with Crippen molar-refractivity contribution in [3.63, 3.8) is 0 Å². The minimum Gasteiger partial charge on any atom is -0.338 e. The summed E-state index contributed by atoms with van der Waals surface area (Å²) in [5.74, 6) is 0.821. The van der Waals surface area contributed by atoms with Crippen molar-refractivity contribution in [2.24, 2.45) is 5.92 Å². The third kappa shape index (κ3) is 6.99. The average molecular weight is 360 g/mol. The zero-order valence-electron chi connectivity index (χ0n) is 17.1. The van der Waals surface area contributed by atoms with Gasteiger partial charge in [0.1, 0.15) is 0 Å². The molecule has 1 heterocycles. The Kier molecular flexibility index (Phi) is 8.43. The van der Waals surface area contributed by atoms with Gasteiger partial charge in [0.15, 0.2) is 0 Å². The Labute approximate surface area is 159 Å². The third-order valence-corrected chi connectivity index (χ3v) is 5.62. The summed E-state index contributed by atoms with van der Waals surface area (Å²) in [6.07, 6.45) is 5.65. The molecule has 0 bridgehead atoms. The fourth-order valence-corrected chi connectivity index (χ4v) is 3.55. The fraction of sp³-hybridized carbons (Fsp3) is 0.682. The van der Waals surface area contributed by atoms with Crippen molar-refractivity contribution in [2.75, 3.05) is 19.6 Å². The largest absolute Gasteiger partial charge is 0.338 e. The lowest BCUT2D eigenvalue weighted by Crippen LogP contribution is -2.41. The van der Waals surface area contributed by atoms with E-state index in [-0.39, 0.29) is 12.1 Å². The smallest absolute Gasteiger partial charge is 0.315 e. The van der Waals surface area contributed by atoms with Crippen LogP contribution in [-0.2, 0) is 12.8 Å². The number of benzene rings is 1. The summed E-state index contributed by atoms with van der Waals surface area (Å²) in [5.41, 5.74) is 2.73. The third-order valence-electron chi connectivity index (χ3n) is 5.62. The highest BCUT2D eigenvalue weighted by atomic mass is 16.2. The standard InChI is InChI=1S/C22H37N3O/c1-5-18(4)24-22(26)23-13-10-19-6-8-20(9-7-19)16-21-11-14-25(15-12-21)17(2)3/h6-9,17-18,21H,5,10-16H2,1-4H3,(H2,23,24,26). The van der Waals surface area contributed by atoms with Gasteiger partial charge in [-0.25, -0.2) is 4.79 Å². The van der Waals surface area contributed by atoms with Crippen molar-refractivity contribution in [1.82, 2.24) is 15.5 Å². The number of hydrogen-bond donors (Lipinski definition) is 2. The minimum atomic E-state index is -0.0660. The van der Waals surface area contributed by atoms with Gasteiger partial charge in [0.05, 0.1) is 0 Å². The highest BCUT2D eigenvalue weighted by Crippen LogP contribution is 2.23. The van der Waals surface area contributed by atoms with Crippen LogP contribution < -0.4 is 10.6 Å². The highest BCUT2D eigenvalue weighted by molar-refractivity contribution is 5.74. The topological polar surface area (TPSA) is 44.4 Å². The number of nitrogens with zero attached hydrogens (tertiary/aromatic N) is 1. The first-order chi connectivity index (χ1) is 12.5. The Morgan fingerprint density at radius 3 is 2.31 bits per heavy atom. The van der Waals surface area contributed by atoms with Crippen LogP contribution in [0.4, 0.5) is 4.79 Å². The maximum atomic E-state index is 11.7. The SMILES string of the molecule is CCC(C)NC(=O)NCCc1ccc(CC2CCN(C(C)C)CC2)cc1. The van der Waals surface area contributed by atoms with Gasteiger partial charge in [-0.2, -0.15) is 0 Å². The van der Waals surface area contributed by atoms with E-state index in [2.05, 4.69) is 60.6 Å². The lowest BCUT2D eigenvalue weighted by Gasteiger charge is -2.34. The van der Waals surface area contributed by atoms with Crippen molar-refractivity contribution in [3.8, 4) is 0 Å². The van der Waals surface area contributed by atoms with Crippen LogP contribution in [0.5, 0.6) is 0 Å². The number of urea groups is 1. The molecule has 4 heteroatoms. The van der Waals surface area contributed by atoms with E-state index < -0.39 is 0 Å². The molecular weight excluding hydrogens is 322 g/mol. The van der Waals surface area contributed by atoms with E-state index in [0.29, 0.717) is 12.6 Å². The van der Waals surface area contributed by atoms with Gasteiger partial charge in [-0.3, -0.25) is 0 Å². The predicted molar refractivity (Wildman–Crippen MR) is 110 cm³/mol. The first-order valence-electron chi connectivity index (χ1n) is 10.3. The van der Waals surface area contributed by atoms with E-state index in [1.807, 2.05) is 6.92 Å². The van der Waals surface area contributed by atoms with Gasteiger partial charge in [-0.05, 0) is 83.0 Å². The van der Waals surface area contributed by atoms with E-state index in [4.69, 9.17) is 0 Å². The summed E-state index contributed by atoms with van der Waals surface area (Å²) < 4.78 is 0. The molecule has 0 spiro atoms. The molecule has 2 amide bonds. The number of carbonyl (C=O) groups excluding carboxylic acids is 1. The van der Waals surface area contributed by atoms with Gasteiger partial charge >= 0.3 is 6.03 Å². The van der Waals surface area contributed by atoms with Gasteiger partial charge in [-0.15, -0.1) is 0 Å². The highest BCUT2D eigenvalue weighted by Gasteiger charge is 2.20. The number of nitrogens with one attached hydrogen (secondary N) is 2. The molecule has 146 valence electrons. The predicted octanol–water partition coefficient (Wildman–Crippen LogP) is 3.99. The summed E-state index contributed by atoms with van der Waals surface area (Å²) in [4.78, 5) is 14.3. The summed E-state index contributed by atoms with van der Waals surface area (Å²) in [6.45, 7) is 11.8. The molecule has 4 nitrogen and oxygen atoms in total. The van der Waals surface area contributed by atoms with Crippen molar-refractivity contribution in [3.05, 3.63) is 35.4 Å². The van der Waals surface area contributed by atoms with Crippen molar-refractivity contribution < 1.29 is 4.79 Å². The quantitative estimate of drug-likeness (QED) is 0.737. The molecule has 1 saturated heterocycles. The van der Waals surface area contributed by atoms with Crippen LogP contribution >= 0.6 is 0 Å². The number of piperidine rings is 1. The van der Waals surface area contributed by atoms with Gasteiger partial charge < -0.3 is 15.5 Å². The molecule has 1 atom stereocenters. The Hall–Kier alpha value is -1.55. The Bertz CT molecular complexity index is 533. The van der Waals surface area contributed by atoms with Crippen molar-refractivity contribution in [1.29, 1.82) is 0 Å². The second kappa shape index (κ2) is 10.6. The average Bonchev–Trinajstić information content (AvgIpc) is 2.63. The second-order valence-corrected chi connectivity index (χ2v) is 8.05. The van der Waals surface area contributed by atoms with Crippen LogP contribution in [0.15, 0.2) is 24.3 Å². The summed E-state index contributed by atoms with van der Waals surface area (Å²) >= 11 is 0. The molecule has 1 aliphatic heterocycles. The molecule has 0 aliphatic carbocycles. The van der Waals surface area contributed by atoms with Crippen LogP contribution in [-0.4, -0.2) is 42.6 Å². The van der Waals surface area contributed by atoms with E-state index in [0.717, 1.165) is 18.8 Å². The van der Waals surface area contributed by atoms with Crippen molar-refractivity contribution >= 4 is 6.03 Å². The number of hydrogen-bond acceptors (Lipinski definition) is 2. The van der Waals surface area contributed by atoms with Crippen molar-refractivity contribution in [2.45, 2.75) is 71.9 Å². The number of amides is 2. The fourth-order valence-electron chi connectivity index (χ4n) is 3.55. The summed E-state index contributed by atoms with van der Waals surface area (Å²) in [5, 5.41) is 5.86. The zero-order chi connectivity index (χ0) is 18.9. The second-order valence-electron chi connectivity index (χ2n) is 8.05. The molecule has 1 fully saturated rings. The van der Waals surface area contributed by atoms with Gasteiger partial charge in [0.2, 0.25) is 0 Å². The molecule has 1 aromatic carbocycles. The lowest BCUT2D eigenvalue weighted by molar-refractivity contribution is 0.149. The molecule has 0 radical (unpaired) electrons.